The van der Waals surface area contributed by atoms with Gasteiger partial charge in [0.1, 0.15) is 11.6 Å². The molecule has 0 aliphatic carbocycles. The van der Waals surface area contributed by atoms with E-state index in [1.165, 1.54) is 12.1 Å². The Morgan fingerprint density at radius 3 is 2.71 bits per heavy atom. The van der Waals surface area contributed by atoms with Crippen molar-refractivity contribution in [2.75, 3.05) is 12.4 Å². The van der Waals surface area contributed by atoms with Crippen molar-refractivity contribution >= 4 is 16.7 Å². The molecule has 0 saturated heterocycles. The lowest BCUT2D eigenvalue weighted by molar-refractivity contribution is 0.406. The molecule has 0 aliphatic heterocycles. The summed E-state index contributed by atoms with van der Waals surface area (Å²) < 4.78 is 24.4. The second-order valence-electron chi connectivity index (χ2n) is 4.90. The van der Waals surface area contributed by atoms with Crippen molar-refractivity contribution in [2.24, 2.45) is 0 Å². The molecule has 21 heavy (non-hydrogen) atoms. The number of anilines is 1. The van der Waals surface area contributed by atoms with Crippen LogP contribution in [0.1, 0.15) is 18.7 Å². The summed E-state index contributed by atoms with van der Waals surface area (Å²) in [4.78, 5) is 0. The summed E-state index contributed by atoms with van der Waals surface area (Å²) in [6.45, 7) is 1.97. The Hall–Kier alpha value is -2.49. The molecular formula is C17H16FNO2. The first kappa shape index (κ1) is 13.5. The molecule has 4 heteroatoms. The standard InChI is InChI=1S/C17H16FNO2/c1-11(19-14-7-4-6-13(18)10-14)16-9-12-5-3-8-15(20-2)17(12)21-16/h3-11,19H,1-2H3. The number of hydrogen-bond acceptors (Lipinski definition) is 3. The van der Waals surface area contributed by atoms with Crippen molar-refractivity contribution in [2.45, 2.75) is 13.0 Å². The SMILES string of the molecule is COc1cccc2cc(C(C)Nc3cccc(F)c3)oc12. The first-order valence-corrected chi connectivity index (χ1v) is 6.76. The molecule has 0 saturated carbocycles. The maximum Gasteiger partial charge on any atom is 0.176 e. The molecule has 1 atom stereocenters. The lowest BCUT2D eigenvalue weighted by atomic mass is 10.2. The number of para-hydroxylation sites is 1. The van der Waals surface area contributed by atoms with Crippen molar-refractivity contribution in [1.82, 2.24) is 0 Å². The topological polar surface area (TPSA) is 34.4 Å². The first-order valence-electron chi connectivity index (χ1n) is 6.76. The zero-order valence-corrected chi connectivity index (χ0v) is 11.9. The van der Waals surface area contributed by atoms with Gasteiger partial charge < -0.3 is 14.5 Å². The Morgan fingerprint density at radius 2 is 1.95 bits per heavy atom. The summed E-state index contributed by atoms with van der Waals surface area (Å²) in [7, 11) is 1.62. The number of ether oxygens (including phenoxy) is 1. The van der Waals surface area contributed by atoms with E-state index in [0.29, 0.717) is 5.75 Å². The summed E-state index contributed by atoms with van der Waals surface area (Å²) in [6, 6.07) is 14.0. The van der Waals surface area contributed by atoms with E-state index in [9.17, 15) is 4.39 Å². The van der Waals surface area contributed by atoms with Gasteiger partial charge in [0.05, 0.1) is 13.2 Å². The molecular weight excluding hydrogens is 269 g/mol. The van der Waals surface area contributed by atoms with Gasteiger partial charge in [-0.15, -0.1) is 0 Å². The van der Waals surface area contributed by atoms with Crippen molar-refractivity contribution in [1.29, 1.82) is 0 Å². The van der Waals surface area contributed by atoms with Crippen LogP contribution in [-0.4, -0.2) is 7.11 Å². The van der Waals surface area contributed by atoms with E-state index in [0.717, 1.165) is 22.4 Å². The number of fused-ring (bicyclic) bond motifs is 1. The maximum absolute atomic E-state index is 13.2. The summed E-state index contributed by atoms with van der Waals surface area (Å²) in [5, 5.41) is 4.21. The number of hydrogen-bond donors (Lipinski definition) is 1. The molecule has 3 nitrogen and oxygen atoms in total. The number of benzene rings is 2. The van der Waals surface area contributed by atoms with Gasteiger partial charge in [0, 0.05) is 11.1 Å². The first-order chi connectivity index (χ1) is 10.2. The molecule has 1 aromatic heterocycles. The van der Waals surface area contributed by atoms with Crippen molar-refractivity contribution in [3.8, 4) is 5.75 Å². The second-order valence-corrected chi connectivity index (χ2v) is 4.90. The number of nitrogens with one attached hydrogen (secondary N) is 1. The van der Waals surface area contributed by atoms with Crippen molar-refractivity contribution < 1.29 is 13.5 Å². The highest BCUT2D eigenvalue weighted by molar-refractivity contribution is 5.83. The van der Waals surface area contributed by atoms with Crippen LogP contribution >= 0.6 is 0 Å². The minimum atomic E-state index is -0.265. The van der Waals surface area contributed by atoms with Gasteiger partial charge in [0.2, 0.25) is 0 Å². The molecule has 0 amide bonds. The normalized spacial score (nSPS) is 12.3. The minimum absolute atomic E-state index is 0.0797. The number of rotatable bonds is 4. The van der Waals surface area contributed by atoms with Crippen LogP contribution in [0.2, 0.25) is 0 Å². The fourth-order valence-electron chi connectivity index (χ4n) is 2.33. The maximum atomic E-state index is 13.2. The number of furan rings is 1. The van der Waals surface area contributed by atoms with Gasteiger partial charge in [-0.2, -0.15) is 0 Å². The molecule has 1 N–H and O–H groups in total. The third-order valence-electron chi connectivity index (χ3n) is 3.38. The summed E-state index contributed by atoms with van der Waals surface area (Å²) in [5.74, 6) is 1.22. The van der Waals surface area contributed by atoms with Crippen molar-refractivity contribution in [3.05, 3.63) is 60.1 Å². The van der Waals surface area contributed by atoms with Crippen LogP contribution < -0.4 is 10.1 Å². The quantitative estimate of drug-likeness (QED) is 0.751. The zero-order chi connectivity index (χ0) is 14.8. The predicted octanol–water partition coefficient (Wildman–Crippen LogP) is 4.75. The van der Waals surface area contributed by atoms with Crippen LogP contribution in [0, 0.1) is 5.82 Å². The molecule has 1 heterocycles. The third kappa shape index (κ3) is 2.70. The van der Waals surface area contributed by atoms with Crippen LogP contribution in [0.3, 0.4) is 0 Å². The fraction of sp³-hybridized carbons (Fsp3) is 0.176. The van der Waals surface area contributed by atoms with Gasteiger partial charge in [0.15, 0.2) is 11.3 Å². The van der Waals surface area contributed by atoms with E-state index < -0.39 is 0 Å². The second kappa shape index (κ2) is 5.48. The average molecular weight is 285 g/mol. The minimum Gasteiger partial charge on any atom is -0.493 e. The Labute approximate surface area is 122 Å². The lowest BCUT2D eigenvalue weighted by Crippen LogP contribution is -2.05. The predicted molar refractivity (Wildman–Crippen MR) is 81.2 cm³/mol. The van der Waals surface area contributed by atoms with E-state index in [-0.39, 0.29) is 11.9 Å². The molecule has 0 fully saturated rings. The van der Waals surface area contributed by atoms with E-state index >= 15 is 0 Å². The van der Waals surface area contributed by atoms with E-state index in [1.807, 2.05) is 37.3 Å². The summed E-state index contributed by atoms with van der Waals surface area (Å²) in [6.07, 6.45) is 0. The lowest BCUT2D eigenvalue weighted by Gasteiger charge is -2.12. The highest BCUT2D eigenvalue weighted by Crippen LogP contribution is 2.31. The Kier molecular flexibility index (Phi) is 3.52. The molecule has 0 spiro atoms. The Bertz CT molecular complexity index is 766. The smallest absolute Gasteiger partial charge is 0.176 e. The Balaban J connectivity index is 1.89. The molecule has 3 rings (SSSR count). The van der Waals surface area contributed by atoms with E-state index in [1.54, 1.807) is 13.2 Å². The molecule has 3 aromatic rings. The summed E-state index contributed by atoms with van der Waals surface area (Å²) in [5.41, 5.74) is 1.44. The van der Waals surface area contributed by atoms with E-state index in [4.69, 9.17) is 9.15 Å². The van der Waals surface area contributed by atoms with Gasteiger partial charge in [-0.3, -0.25) is 0 Å². The largest absolute Gasteiger partial charge is 0.493 e. The van der Waals surface area contributed by atoms with Crippen molar-refractivity contribution in [3.63, 3.8) is 0 Å². The van der Waals surface area contributed by atoms with Gasteiger partial charge >= 0.3 is 0 Å². The molecule has 108 valence electrons. The fourth-order valence-corrected chi connectivity index (χ4v) is 2.33. The average Bonchev–Trinajstić information content (AvgIpc) is 2.91. The van der Waals surface area contributed by atoms with Gasteiger partial charge in [-0.1, -0.05) is 18.2 Å². The van der Waals surface area contributed by atoms with Gasteiger partial charge in [-0.05, 0) is 37.3 Å². The van der Waals surface area contributed by atoms with Crippen LogP contribution in [0.25, 0.3) is 11.0 Å². The van der Waals surface area contributed by atoms with Crippen LogP contribution in [0.15, 0.2) is 52.9 Å². The van der Waals surface area contributed by atoms with Crippen LogP contribution in [0.4, 0.5) is 10.1 Å². The highest BCUT2D eigenvalue weighted by Gasteiger charge is 2.14. The third-order valence-corrected chi connectivity index (χ3v) is 3.38. The van der Waals surface area contributed by atoms with Crippen LogP contribution in [0.5, 0.6) is 5.75 Å². The molecule has 0 radical (unpaired) electrons. The summed E-state index contributed by atoms with van der Waals surface area (Å²) >= 11 is 0. The number of methoxy groups -OCH3 is 1. The molecule has 2 aromatic carbocycles. The van der Waals surface area contributed by atoms with Gasteiger partial charge in [0.25, 0.3) is 0 Å². The zero-order valence-electron chi connectivity index (χ0n) is 11.9. The Morgan fingerprint density at radius 1 is 1.14 bits per heavy atom. The monoisotopic (exact) mass is 285 g/mol. The van der Waals surface area contributed by atoms with Gasteiger partial charge in [-0.25, -0.2) is 4.39 Å². The molecule has 1 unspecified atom stereocenters. The highest BCUT2D eigenvalue weighted by atomic mass is 19.1. The number of halogens is 1. The van der Waals surface area contributed by atoms with Crippen LogP contribution in [-0.2, 0) is 0 Å². The molecule has 0 aliphatic rings. The van der Waals surface area contributed by atoms with E-state index in [2.05, 4.69) is 5.32 Å². The molecule has 0 bridgehead atoms.